The second-order valence-corrected chi connectivity index (χ2v) is 10.3. The van der Waals surface area contributed by atoms with Crippen LogP contribution in [0, 0.1) is 5.41 Å². The fraction of sp³-hybridized carbons (Fsp3) is 0.552. The summed E-state index contributed by atoms with van der Waals surface area (Å²) in [5.74, 6) is 0.572. The molecular formula is C29H45N5. The quantitative estimate of drug-likeness (QED) is 0.285. The first kappa shape index (κ1) is 26.2. The lowest BCUT2D eigenvalue weighted by Gasteiger charge is -2.36. The van der Waals surface area contributed by atoms with Gasteiger partial charge in [0.25, 0.3) is 0 Å². The summed E-state index contributed by atoms with van der Waals surface area (Å²) in [5, 5.41) is 19.9. The fourth-order valence-corrected chi connectivity index (χ4v) is 5.37. The number of piperidine rings is 1. The third kappa shape index (κ3) is 6.83. The molecule has 0 atom stereocenters. The Morgan fingerprint density at radius 2 is 1.79 bits per heavy atom. The smallest absolute Gasteiger partial charge is 0.0437 e. The zero-order chi connectivity index (χ0) is 24.7. The van der Waals surface area contributed by atoms with E-state index in [1.54, 1.807) is 12.4 Å². The Hall–Kier alpha value is -2.37. The molecule has 1 aliphatic carbocycles. The SMILES string of the molecule is C=CN/C(C)=C\C(C)=C(/C)Cc1cc(C2CCN(N(C)C)CC2)cc(NC2CCCC2)c1C=N. The highest BCUT2D eigenvalue weighted by molar-refractivity contribution is 5.88. The van der Waals surface area contributed by atoms with Gasteiger partial charge < -0.3 is 16.0 Å². The summed E-state index contributed by atoms with van der Waals surface area (Å²) in [5.41, 5.74) is 8.60. The molecule has 2 aliphatic rings. The van der Waals surface area contributed by atoms with E-state index in [0.29, 0.717) is 12.0 Å². The summed E-state index contributed by atoms with van der Waals surface area (Å²) in [7, 11) is 4.28. The molecule has 186 valence electrons. The normalized spacial score (nSPS) is 19.3. The van der Waals surface area contributed by atoms with E-state index in [9.17, 15) is 0 Å². The number of nitrogens with zero attached hydrogens (tertiary/aromatic N) is 2. The van der Waals surface area contributed by atoms with Gasteiger partial charge >= 0.3 is 0 Å². The van der Waals surface area contributed by atoms with Crippen LogP contribution < -0.4 is 10.6 Å². The number of benzene rings is 1. The van der Waals surface area contributed by atoms with Crippen molar-refractivity contribution in [1.82, 2.24) is 15.3 Å². The van der Waals surface area contributed by atoms with Gasteiger partial charge in [-0.1, -0.05) is 36.6 Å². The monoisotopic (exact) mass is 463 g/mol. The molecule has 0 amide bonds. The predicted octanol–water partition coefficient (Wildman–Crippen LogP) is 6.21. The largest absolute Gasteiger partial charge is 0.382 e. The molecule has 1 heterocycles. The van der Waals surface area contributed by atoms with Crippen LogP contribution in [-0.4, -0.2) is 49.5 Å². The summed E-state index contributed by atoms with van der Waals surface area (Å²) in [6.07, 6.45) is 13.7. The van der Waals surface area contributed by atoms with Crippen LogP contribution in [0.3, 0.4) is 0 Å². The summed E-state index contributed by atoms with van der Waals surface area (Å²) in [4.78, 5) is 0. The molecule has 0 spiro atoms. The van der Waals surface area contributed by atoms with E-state index in [-0.39, 0.29) is 0 Å². The van der Waals surface area contributed by atoms with Crippen LogP contribution >= 0.6 is 0 Å². The van der Waals surface area contributed by atoms with Gasteiger partial charge in [0.15, 0.2) is 0 Å². The van der Waals surface area contributed by atoms with Crippen molar-refractivity contribution in [3.63, 3.8) is 0 Å². The van der Waals surface area contributed by atoms with Crippen molar-refractivity contribution in [2.75, 3.05) is 32.5 Å². The maximum absolute atomic E-state index is 8.28. The van der Waals surface area contributed by atoms with Gasteiger partial charge in [0, 0.05) is 56.4 Å². The van der Waals surface area contributed by atoms with Crippen molar-refractivity contribution in [2.45, 2.75) is 77.7 Å². The molecule has 34 heavy (non-hydrogen) atoms. The topological polar surface area (TPSA) is 54.4 Å². The van der Waals surface area contributed by atoms with Crippen LogP contribution in [-0.2, 0) is 6.42 Å². The number of allylic oxidation sites excluding steroid dienone is 4. The first-order valence-corrected chi connectivity index (χ1v) is 12.9. The molecule has 1 saturated carbocycles. The third-order valence-corrected chi connectivity index (χ3v) is 7.55. The van der Waals surface area contributed by atoms with E-state index in [2.05, 4.69) is 80.3 Å². The standard InChI is InChI=1S/C29H45N5/c1-7-31-23(4)16-21(2)22(3)17-26-18-25(24-12-14-34(15-13-24)33(5)6)19-29(28(26)20-30)32-27-10-8-9-11-27/h7,16,18-20,24,27,30-32H,1,8-15,17H2,2-6H3/b22-21+,23-16-,30-20?. The van der Waals surface area contributed by atoms with E-state index in [1.807, 2.05) is 0 Å². The van der Waals surface area contributed by atoms with Gasteiger partial charge in [-0.05, 0) is 88.3 Å². The Kier molecular flexibility index (Phi) is 9.54. The van der Waals surface area contributed by atoms with Gasteiger partial charge in [-0.25, -0.2) is 10.0 Å². The molecule has 3 N–H and O–H groups in total. The maximum atomic E-state index is 8.28. The van der Waals surface area contributed by atoms with Crippen molar-refractivity contribution >= 4 is 11.9 Å². The number of hydrogen-bond donors (Lipinski definition) is 3. The zero-order valence-electron chi connectivity index (χ0n) is 22.0. The van der Waals surface area contributed by atoms with E-state index < -0.39 is 0 Å². The van der Waals surface area contributed by atoms with Crippen LogP contribution in [0.5, 0.6) is 0 Å². The molecule has 1 aromatic rings. The minimum Gasteiger partial charge on any atom is -0.382 e. The molecule has 2 fully saturated rings. The Morgan fingerprint density at radius 1 is 1.12 bits per heavy atom. The van der Waals surface area contributed by atoms with Crippen LogP contribution in [0.4, 0.5) is 5.69 Å². The number of hydrogen-bond acceptors (Lipinski definition) is 5. The molecule has 5 heteroatoms. The second kappa shape index (κ2) is 12.4. The van der Waals surface area contributed by atoms with E-state index >= 15 is 0 Å². The van der Waals surface area contributed by atoms with Gasteiger partial charge in [-0.2, -0.15) is 0 Å². The zero-order valence-corrected chi connectivity index (χ0v) is 22.0. The van der Waals surface area contributed by atoms with Crippen molar-refractivity contribution in [1.29, 1.82) is 5.41 Å². The van der Waals surface area contributed by atoms with Crippen molar-refractivity contribution in [3.05, 3.63) is 64.5 Å². The van der Waals surface area contributed by atoms with Gasteiger partial charge in [0.05, 0.1) is 0 Å². The van der Waals surface area contributed by atoms with E-state index in [4.69, 9.17) is 5.41 Å². The van der Waals surface area contributed by atoms with Crippen LogP contribution in [0.15, 0.2) is 47.8 Å². The van der Waals surface area contributed by atoms with Gasteiger partial charge in [0.2, 0.25) is 0 Å². The van der Waals surface area contributed by atoms with Crippen molar-refractivity contribution in [2.24, 2.45) is 0 Å². The fourth-order valence-electron chi connectivity index (χ4n) is 5.37. The predicted molar refractivity (Wildman–Crippen MR) is 147 cm³/mol. The lowest BCUT2D eigenvalue weighted by atomic mass is 9.85. The summed E-state index contributed by atoms with van der Waals surface area (Å²) in [6, 6.07) is 5.29. The first-order valence-electron chi connectivity index (χ1n) is 12.9. The van der Waals surface area contributed by atoms with Crippen LogP contribution in [0.25, 0.3) is 0 Å². The van der Waals surface area contributed by atoms with Crippen molar-refractivity contribution < 1.29 is 0 Å². The summed E-state index contributed by atoms with van der Waals surface area (Å²) >= 11 is 0. The molecule has 1 aliphatic heterocycles. The average molecular weight is 464 g/mol. The number of nitrogens with one attached hydrogen (secondary N) is 3. The van der Waals surface area contributed by atoms with Crippen LogP contribution in [0.2, 0.25) is 0 Å². The Balaban J connectivity index is 1.94. The highest BCUT2D eigenvalue weighted by Gasteiger charge is 2.24. The van der Waals surface area contributed by atoms with Crippen molar-refractivity contribution in [3.8, 4) is 0 Å². The highest BCUT2D eigenvalue weighted by Crippen LogP contribution is 2.35. The van der Waals surface area contributed by atoms with Gasteiger partial charge in [-0.3, -0.25) is 0 Å². The Bertz CT molecular complexity index is 913. The third-order valence-electron chi connectivity index (χ3n) is 7.55. The average Bonchev–Trinajstić information content (AvgIpc) is 3.32. The number of hydrazine groups is 1. The highest BCUT2D eigenvalue weighted by atomic mass is 15.6. The van der Waals surface area contributed by atoms with Crippen LogP contribution in [0.1, 0.15) is 81.9 Å². The lowest BCUT2D eigenvalue weighted by Crippen LogP contribution is -2.42. The Morgan fingerprint density at radius 3 is 2.38 bits per heavy atom. The number of rotatable bonds is 10. The first-order chi connectivity index (χ1) is 16.3. The molecule has 0 radical (unpaired) electrons. The second-order valence-electron chi connectivity index (χ2n) is 10.3. The van der Waals surface area contributed by atoms with E-state index in [0.717, 1.165) is 36.5 Å². The summed E-state index contributed by atoms with van der Waals surface area (Å²) in [6.45, 7) is 12.4. The minimum atomic E-state index is 0.534. The molecule has 0 unspecified atom stereocenters. The molecule has 0 aromatic heterocycles. The molecule has 3 rings (SSSR count). The van der Waals surface area contributed by atoms with Gasteiger partial charge in [-0.15, -0.1) is 0 Å². The summed E-state index contributed by atoms with van der Waals surface area (Å²) < 4.78 is 0. The molecule has 0 bridgehead atoms. The maximum Gasteiger partial charge on any atom is 0.0437 e. The van der Waals surface area contributed by atoms with E-state index in [1.165, 1.54) is 60.8 Å². The lowest BCUT2D eigenvalue weighted by molar-refractivity contribution is 0.00232. The molecular weight excluding hydrogens is 418 g/mol. The number of anilines is 1. The Labute approximate surface area is 207 Å². The molecule has 5 nitrogen and oxygen atoms in total. The van der Waals surface area contributed by atoms with Gasteiger partial charge in [0.1, 0.15) is 0 Å². The minimum absolute atomic E-state index is 0.534. The molecule has 1 aromatic carbocycles. The molecule has 1 saturated heterocycles.